The predicted octanol–water partition coefficient (Wildman–Crippen LogP) is 0.768. The minimum atomic E-state index is -0.725. The summed E-state index contributed by atoms with van der Waals surface area (Å²) in [6, 6.07) is 7.65. The zero-order valence-electron chi connectivity index (χ0n) is 7.81. The molecule has 0 aliphatic heterocycles. The molecule has 1 aliphatic rings. The molecule has 0 spiro atoms. The first-order valence-electron chi connectivity index (χ1n) is 4.75. The Bertz CT molecular complexity index is 362. The highest BCUT2D eigenvalue weighted by Crippen LogP contribution is 2.33. The van der Waals surface area contributed by atoms with E-state index in [1.807, 2.05) is 24.3 Å². The van der Waals surface area contributed by atoms with E-state index >= 15 is 0 Å². The summed E-state index contributed by atoms with van der Waals surface area (Å²) < 4.78 is 0. The van der Waals surface area contributed by atoms with Gasteiger partial charge < -0.3 is 10.8 Å². The van der Waals surface area contributed by atoms with Gasteiger partial charge in [-0.25, -0.2) is 0 Å². The van der Waals surface area contributed by atoms with Crippen LogP contribution in [0.25, 0.3) is 0 Å². The maximum atomic E-state index is 11.0. The van der Waals surface area contributed by atoms with E-state index in [1.165, 1.54) is 0 Å². The standard InChI is InChI=1S/C11H13NO2/c12-11(14)9-6-5-7-3-1-2-4-8(7)10(9)13/h1-4,9-10,13H,5-6H2,(H2,12,14). The summed E-state index contributed by atoms with van der Waals surface area (Å²) in [5.74, 6) is -0.836. The molecule has 0 aromatic heterocycles. The quantitative estimate of drug-likeness (QED) is 0.688. The van der Waals surface area contributed by atoms with Crippen LogP contribution in [0, 0.1) is 5.92 Å². The summed E-state index contributed by atoms with van der Waals surface area (Å²) >= 11 is 0. The number of hydrogen-bond donors (Lipinski definition) is 2. The Morgan fingerprint density at radius 2 is 2.14 bits per heavy atom. The molecular formula is C11H13NO2. The highest BCUT2D eigenvalue weighted by atomic mass is 16.3. The number of carbonyl (C=O) groups is 1. The van der Waals surface area contributed by atoms with Gasteiger partial charge in [-0.2, -0.15) is 0 Å². The Morgan fingerprint density at radius 3 is 2.86 bits per heavy atom. The molecule has 0 fully saturated rings. The van der Waals surface area contributed by atoms with Gasteiger partial charge in [0.2, 0.25) is 5.91 Å². The average molecular weight is 191 g/mol. The zero-order valence-corrected chi connectivity index (χ0v) is 7.81. The van der Waals surface area contributed by atoms with Gasteiger partial charge in [0.1, 0.15) is 0 Å². The molecule has 3 nitrogen and oxygen atoms in total. The molecule has 0 saturated carbocycles. The first kappa shape index (κ1) is 9.21. The van der Waals surface area contributed by atoms with Crippen LogP contribution in [0.1, 0.15) is 23.7 Å². The van der Waals surface area contributed by atoms with Gasteiger partial charge in [0.05, 0.1) is 12.0 Å². The largest absolute Gasteiger partial charge is 0.388 e. The lowest BCUT2D eigenvalue weighted by atomic mass is 9.81. The molecule has 1 aliphatic carbocycles. The Hall–Kier alpha value is -1.35. The Balaban J connectivity index is 2.36. The number of fused-ring (bicyclic) bond motifs is 1. The van der Waals surface area contributed by atoms with Gasteiger partial charge in [0.25, 0.3) is 0 Å². The molecule has 0 bridgehead atoms. The third-order valence-corrected chi connectivity index (χ3v) is 2.84. The molecule has 1 amide bonds. The van der Waals surface area contributed by atoms with Crippen LogP contribution in [0.5, 0.6) is 0 Å². The monoisotopic (exact) mass is 191 g/mol. The second-order valence-electron chi connectivity index (χ2n) is 3.69. The van der Waals surface area contributed by atoms with Crippen LogP contribution in [0.4, 0.5) is 0 Å². The molecule has 2 unspecified atom stereocenters. The molecule has 1 aromatic rings. The van der Waals surface area contributed by atoms with Gasteiger partial charge in [-0.1, -0.05) is 24.3 Å². The lowest BCUT2D eigenvalue weighted by Gasteiger charge is -2.27. The number of primary amides is 1. The molecule has 1 aromatic carbocycles. The highest BCUT2D eigenvalue weighted by Gasteiger charge is 2.31. The second kappa shape index (κ2) is 3.42. The van der Waals surface area contributed by atoms with Gasteiger partial charge in [-0.05, 0) is 24.0 Å². The van der Waals surface area contributed by atoms with Crippen molar-refractivity contribution in [1.29, 1.82) is 0 Å². The zero-order chi connectivity index (χ0) is 10.1. The summed E-state index contributed by atoms with van der Waals surface area (Å²) in [4.78, 5) is 11.0. The summed E-state index contributed by atoms with van der Waals surface area (Å²) in [5, 5.41) is 9.89. The molecule has 14 heavy (non-hydrogen) atoms. The van der Waals surface area contributed by atoms with Crippen LogP contribution < -0.4 is 5.73 Å². The predicted molar refractivity (Wildman–Crippen MR) is 52.4 cm³/mol. The van der Waals surface area contributed by atoms with Crippen LogP contribution in [0.2, 0.25) is 0 Å². The van der Waals surface area contributed by atoms with Crippen molar-refractivity contribution >= 4 is 5.91 Å². The van der Waals surface area contributed by atoms with Crippen molar-refractivity contribution < 1.29 is 9.90 Å². The Labute approximate surface area is 82.5 Å². The maximum Gasteiger partial charge on any atom is 0.223 e. The van der Waals surface area contributed by atoms with Gasteiger partial charge in [0, 0.05) is 0 Å². The van der Waals surface area contributed by atoms with Crippen molar-refractivity contribution in [2.24, 2.45) is 11.7 Å². The van der Waals surface area contributed by atoms with Crippen LogP contribution in [0.15, 0.2) is 24.3 Å². The van der Waals surface area contributed by atoms with Crippen molar-refractivity contribution in [3.8, 4) is 0 Å². The van der Waals surface area contributed by atoms with E-state index in [9.17, 15) is 9.90 Å². The summed E-state index contributed by atoms with van der Waals surface area (Å²) in [6.07, 6.45) is 0.742. The van der Waals surface area contributed by atoms with E-state index < -0.39 is 17.9 Å². The Morgan fingerprint density at radius 1 is 1.43 bits per heavy atom. The van der Waals surface area contributed by atoms with E-state index in [-0.39, 0.29) is 0 Å². The van der Waals surface area contributed by atoms with Gasteiger partial charge in [-0.15, -0.1) is 0 Å². The molecular weight excluding hydrogens is 178 g/mol. The fourth-order valence-electron chi connectivity index (χ4n) is 2.03. The van der Waals surface area contributed by atoms with Crippen molar-refractivity contribution in [2.45, 2.75) is 18.9 Å². The number of amides is 1. The Kier molecular flexibility index (Phi) is 2.25. The van der Waals surface area contributed by atoms with Crippen LogP contribution in [-0.2, 0) is 11.2 Å². The number of benzene rings is 1. The molecule has 2 atom stereocenters. The van der Waals surface area contributed by atoms with E-state index in [0.29, 0.717) is 6.42 Å². The van der Waals surface area contributed by atoms with Crippen molar-refractivity contribution in [3.63, 3.8) is 0 Å². The lowest BCUT2D eigenvalue weighted by molar-refractivity contribution is -0.126. The molecule has 0 heterocycles. The number of nitrogens with two attached hydrogens (primary N) is 1. The molecule has 2 rings (SSSR count). The van der Waals surface area contributed by atoms with E-state index in [2.05, 4.69) is 0 Å². The number of aliphatic hydroxyl groups excluding tert-OH is 1. The fourth-order valence-corrected chi connectivity index (χ4v) is 2.03. The maximum absolute atomic E-state index is 11.0. The second-order valence-corrected chi connectivity index (χ2v) is 3.69. The summed E-state index contributed by atoms with van der Waals surface area (Å²) in [5.41, 5.74) is 7.19. The number of aryl methyl sites for hydroxylation is 1. The van der Waals surface area contributed by atoms with Crippen molar-refractivity contribution in [1.82, 2.24) is 0 Å². The molecule has 0 saturated heterocycles. The lowest BCUT2D eigenvalue weighted by Crippen LogP contribution is -2.32. The van der Waals surface area contributed by atoms with Gasteiger partial charge in [0.15, 0.2) is 0 Å². The minimum absolute atomic E-state index is 0.410. The number of rotatable bonds is 1. The highest BCUT2D eigenvalue weighted by molar-refractivity contribution is 5.78. The molecule has 3 heteroatoms. The van der Waals surface area contributed by atoms with Gasteiger partial charge >= 0.3 is 0 Å². The molecule has 3 N–H and O–H groups in total. The summed E-state index contributed by atoms with van der Waals surface area (Å²) in [6.45, 7) is 0. The SMILES string of the molecule is NC(=O)C1CCc2ccccc2C1O. The third-order valence-electron chi connectivity index (χ3n) is 2.84. The van der Waals surface area contributed by atoms with Crippen LogP contribution >= 0.6 is 0 Å². The fraction of sp³-hybridized carbons (Fsp3) is 0.364. The smallest absolute Gasteiger partial charge is 0.223 e. The van der Waals surface area contributed by atoms with Crippen LogP contribution in [0.3, 0.4) is 0 Å². The van der Waals surface area contributed by atoms with Gasteiger partial charge in [-0.3, -0.25) is 4.79 Å². The molecule has 74 valence electrons. The normalized spacial score (nSPS) is 25.5. The number of carbonyl (C=O) groups excluding carboxylic acids is 1. The minimum Gasteiger partial charge on any atom is -0.388 e. The summed E-state index contributed by atoms with van der Waals surface area (Å²) in [7, 11) is 0. The first-order valence-corrected chi connectivity index (χ1v) is 4.75. The van der Waals surface area contributed by atoms with E-state index in [0.717, 1.165) is 17.5 Å². The van der Waals surface area contributed by atoms with Crippen molar-refractivity contribution in [3.05, 3.63) is 35.4 Å². The topological polar surface area (TPSA) is 63.3 Å². The molecule has 0 radical (unpaired) electrons. The number of aliphatic hydroxyl groups is 1. The third kappa shape index (κ3) is 1.40. The number of hydrogen-bond acceptors (Lipinski definition) is 2. The van der Waals surface area contributed by atoms with Crippen LogP contribution in [-0.4, -0.2) is 11.0 Å². The van der Waals surface area contributed by atoms with Crippen molar-refractivity contribution in [2.75, 3.05) is 0 Å². The average Bonchev–Trinajstić information content (AvgIpc) is 2.18. The van der Waals surface area contributed by atoms with E-state index in [1.54, 1.807) is 0 Å². The first-order chi connectivity index (χ1) is 6.70. The van der Waals surface area contributed by atoms with E-state index in [4.69, 9.17) is 5.73 Å².